The van der Waals surface area contributed by atoms with E-state index >= 15 is 0 Å². The third-order valence-corrected chi connectivity index (χ3v) is 5.11. The monoisotopic (exact) mass is 333 g/mol. The number of Topliss-reactive ketones (excluding diaryl/α,β-unsaturated/α-hetero) is 1. The SMILES string of the molecule is COC1=C(C(N)=O)C(c2cccs2)C2=C(CC(C)(C)CC2=O)O1. The topological polar surface area (TPSA) is 78.6 Å². The number of ketones is 1. The van der Waals surface area contributed by atoms with Crippen molar-refractivity contribution in [1.29, 1.82) is 0 Å². The lowest BCUT2D eigenvalue weighted by Crippen LogP contribution is -2.35. The van der Waals surface area contributed by atoms with Crippen LogP contribution in [0.1, 0.15) is 37.5 Å². The van der Waals surface area contributed by atoms with E-state index in [1.165, 1.54) is 18.4 Å². The van der Waals surface area contributed by atoms with Crippen LogP contribution in [0.25, 0.3) is 0 Å². The number of allylic oxidation sites excluding steroid dienone is 2. The summed E-state index contributed by atoms with van der Waals surface area (Å²) in [7, 11) is 1.44. The van der Waals surface area contributed by atoms with E-state index in [1.807, 2.05) is 31.4 Å². The number of thiophene rings is 1. The smallest absolute Gasteiger partial charge is 0.294 e. The molecule has 3 rings (SSSR count). The maximum absolute atomic E-state index is 12.8. The van der Waals surface area contributed by atoms with Crippen molar-refractivity contribution in [2.75, 3.05) is 7.11 Å². The zero-order valence-electron chi connectivity index (χ0n) is 13.3. The van der Waals surface area contributed by atoms with Gasteiger partial charge in [-0.25, -0.2) is 0 Å². The summed E-state index contributed by atoms with van der Waals surface area (Å²) in [6.07, 6.45) is 1.04. The molecule has 0 aromatic carbocycles. The maximum Gasteiger partial charge on any atom is 0.294 e. The Kier molecular flexibility index (Phi) is 3.80. The highest BCUT2D eigenvalue weighted by molar-refractivity contribution is 7.10. The maximum atomic E-state index is 12.8. The van der Waals surface area contributed by atoms with E-state index in [2.05, 4.69) is 0 Å². The third kappa shape index (κ3) is 2.67. The molecule has 0 saturated carbocycles. The van der Waals surface area contributed by atoms with Crippen LogP contribution in [0, 0.1) is 5.41 Å². The second-order valence-electron chi connectivity index (χ2n) is 6.60. The Hall–Kier alpha value is -2.08. The predicted octanol–water partition coefficient (Wildman–Crippen LogP) is 2.85. The summed E-state index contributed by atoms with van der Waals surface area (Å²) >= 11 is 1.48. The number of amides is 1. The molecule has 1 amide bonds. The molecule has 0 saturated heterocycles. The Morgan fingerprint density at radius 2 is 2.17 bits per heavy atom. The van der Waals surface area contributed by atoms with Gasteiger partial charge in [0.05, 0.1) is 13.0 Å². The first-order valence-corrected chi connectivity index (χ1v) is 8.27. The summed E-state index contributed by atoms with van der Waals surface area (Å²) in [5.74, 6) is -0.450. The van der Waals surface area contributed by atoms with E-state index in [-0.39, 0.29) is 22.7 Å². The Balaban J connectivity index is 2.20. The van der Waals surface area contributed by atoms with Gasteiger partial charge < -0.3 is 15.2 Å². The largest absolute Gasteiger partial charge is 0.468 e. The quantitative estimate of drug-likeness (QED) is 0.922. The Labute approximate surface area is 138 Å². The van der Waals surface area contributed by atoms with Gasteiger partial charge >= 0.3 is 0 Å². The fraction of sp³-hybridized carbons (Fsp3) is 0.412. The molecule has 6 heteroatoms. The van der Waals surface area contributed by atoms with Crippen molar-refractivity contribution >= 4 is 23.0 Å². The molecule has 1 aromatic heterocycles. The number of hydrogen-bond acceptors (Lipinski definition) is 5. The van der Waals surface area contributed by atoms with Gasteiger partial charge in [-0.15, -0.1) is 11.3 Å². The Morgan fingerprint density at radius 3 is 2.74 bits per heavy atom. The average Bonchev–Trinajstić information content (AvgIpc) is 2.97. The summed E-state index contributed by atoms with van der Waals surface area (Å²) < 4.78 is 11.0. The Morgan fingerprint density at radius 1 is 1.43 bits per heavy atom. The molecule has 1 unspecified atom stereocenters. The number of methoxy groups -OCH3 is 1. The van der Waals surface area contributed by atoms with Gasteiger partial charge in [0.1, 0.15) is 11.3 Å². The summed E-state index contributed by atoms with van der Waals surface area (Å²) in [4.78, 5) is 25.7. The molecule has 0 radical (unpaired) electrons. The highest BCUT2D eigenvalue weighted by Crippen LogP contribution is 2.49. The molecule has 0 bridgehead atoms. The minimum Gasteiger partial charge on any atom is -0.468 e. The van der Waals surface area contributed by atoms with Gasteiger partial charge in [0.25, 0.3) is 11.9 Å². The molecule has 0 fully saturated rings. The van der Waals surface area contributed by atoms with E-state index in [4.69, 9.17) is 15.2 Å². The second-order valence-corrected chi connectivity index (χ2v) is 7.58. The van der Waals surface area contributed by atoms with Crippen LogP contribution in [0.4, 0.5) is 0 Å². The number of ether oxygens (including phenoxy) is 2. The minimum atomic E-state index is -0.635. The molecule has 1 aliphatic carbocycles. The van der Waals surface area contributed by atoms with Gasteiger partial charge in [-0.05, 0) is 16.9 Å². The van der Waals surface area contributed by atoms with Crippen molar-refractivity contribution in [2.24, 2.45) is 11.1 Å². The number of carbonyl (C=O) groups is 2. The van der Waals surface area contributed by atoms with E-state index < -0.39 is 11.8 Å². The zero-order valence-corrected chi connectivity index (χ0v) is 14.2. The molecule has 1 atom stereocenters. The normalized spacial score (nSPS) is 23.4. The molecule has 23 heavy (non-hydrogen) atoms. The number of primary amides is 1. The van der Waals surface area contributed by atoms with Crippen molar-refractivity contribution in [1.82, 2.24) is 0 Å². The molecule has 0 spiro atoms. The van der Waals surface area contributed by atoms with Gasteiger partial charge in [0.15, 0.2) is 5.78 Å². The molecule has 1 aromatic rings. The van der Waals surface area contributed by atoms with Crippen LogP contribution < -0.4 is 5.73 Å². The van der Waals surface area contributed by atoms with Crippen LogP contribution in [-0.4, -0.2) is 18.8 Å². The first kappa shape index (κ1) is 15.8. The van der Waals surface area contributed by atoms with Gasteiger partial charge in [0.2, 0.25) is 0 Å². The molecular weight excluding hydrogens is 314 g/mol. The number of nitrogens with two attached hydrogens (primary N) is 1. The van der Waals surface area contributed by atoms with E-state index in [1.54, 1.807) is 0 Å². The van der Waals surface area contributed by atoms with Gasteiger partial charge in [-0.2, -0.15) is 0 Å². The lowest BCUT2D eigenvalue weighted by atomic mass is 9.71. The number of rotatable bonds is 3. The first-order chi connectivity index (χ1) is 10.8. The highest BCUT2D eigenvalue weighted by Gasteiger charge is 2.45. The molecule has 2 heterocycles. The molecule has 122 valence electrons. The predicted molar refractivity (Wildman–Crippen MR) is 86.4 cm³/mol. The van der Waals surface area contributed by atoms with Gasteiger partial charge in [-0.3, -0.25) is 9.59 Å². The summed E-state index contributed by atoms with van der Waals surface area (Å²) in [6.45, 7) is 4.05. The number of carbonyl (C=O) groups excluding carboxylic acids is 2. The standard InChI is InChI=1S/C17H19NO4S/c1-17(2)7-9(19)12-10(8-17)22-16(21-3)14(15(18)20)13(12)11-5-4-6-23-11/h4-6,13H,7-8H2,1-3H3,(H2,18,20). The zero-order chi connectivity index (χ0) is 16.8. The van der Waals surface area contributed by atoms with Crippen molar-refractivity contribution < 1.29 is 19.1 Å². The van der Waals surface area contributed by atoms with E-state index in [0.717, 1.165) is 4.88 Å². The minimum absolute atomic E-state index is 0.00329. The van der Waals surface area contributed by atoms with E-state index in [9.17, 15) is 9.59 Å². The molecular formula is C17H19NO4S. The van der Waals surface area contributed by atoms with E-state index in [0.29, 0.717) is 24.2 Å². The van der Waals surface area contributed by atoms with Crippen molar-refractivity contribution in [2.45, 2.75) is 32.6 Å². The molecule has 1 aliphatic heterocycles. The first-order valence-electron chi connectivity index (χ1n) is 7.39. The highest BCUT2D eigenvalue weighted by atomic mass is 32.1. The van der Waals surface area contributed by atoms with Gasteiger partial charge in [-0.1, -0.05) is 19.9 Å². The molecule has 2 N–H and O–H groups in total. The summed E-state index contributed by atoms with van der Waals surface area (Å²) in [5.41, 5.74) is 6.14. The lowest BCUT2D eigenvalue weighted by Gasteiger charge is -2.37. The summed E-state index contributed by atoms with van der Waals surface area (Å²) in [5, 5.41) is 1.91. The van der Waals surface area contributed by atoms with Crippen LogP contribution in [0.2, 0.25) is 0 Å². The van der Waals surface area contributed by atoms with Crippen LogP contribution in [0.3, 0.4) is 0 Å². The van der Waals surface area contributed by atoms with Crippen LogP contribution in [0.5, 0.6) is 0 Å². The molecule has 2 aliphatic rings. The molecule has 5 nitrogen and oxygen atoms in total. The third-order valence-electron chi connectivity index (χ3n) is 4.17. The average molecular weight is 333 g/mol. The summed E-state index contributed by atoms with van der Waals surface area (Å²) in [6, 6.07) is 3.78. The van der Waals surface area contributed by atoms with Crippen LogP contribution in [0.15, 0.2) is 40.4 Å². The van der Waals surface area contributed by atoms with Crippen LogP contribution in [-0.2, 0) is 19.1 Å². The fourth-order valence-electron chi connectivity index (χ4n) is 3.25. The second kappa shape index (κ2) is 5.53. The van der Waals surface area contributed by atoms with Crippen LogP contribution >= 0.6 is 11.3 Å². The van der Waals surface area contributed by atoms with Crippen molar-refractivity contribution in [3.63, 3.8) is 0 Å². The lowest BCUT2D eigenvalue weighted by molar-refractivity contribution is -0.119. The fourth-order valence-corrected chi connectivity index (χ4v) is 4.10. The number of hydrogen-bond donors (Lipinski definition) is 1. The Bertz CT molecular complexity index is 728. The van der Waals surface area contributed by atoms with Crippen molar-refractivity contribution in [3.8, 4) is 0 Å². The van der Waals surface area contributed by atoms with Gasteiger partial charge in [0, 0.05) is 23.3 Å². The van der Waals surface area contributed by atoms with Crippen molar-refractivity contribution in [3.05, 3.63) is 45.2 Å².